The summed E-state index contributed by atoms with van der Waals surface area (Å²) in [5.41, 5.74) is 8.12. The number of nitrogens with zero attached hydrogens (tertiary/aromatic N) is 2. The van der Waals surface area contributed by atoms with E-state index in [0.717, 1.165) is 11.1 Å². The topological polar surface area (TPSA) is 97.1 Å². The monoisotopic (exact) mass is 432 g/mol. The van der Waals surface area contributed by atoms with Gasteiger partial charge in [-0.3, -0.25) is 20.4 Å². The van der Waals surface area contributed by atoms with Gasteiger partial charge in [-0.25, -0.2) is 0 Å². The van der Waals surface area contributed by atoms with Crippen molar-refractivity contribution in [2.24, 2.45) is 0 Å². The molecule has 0 aliphatic carbocycles. The van der Waals surface area contributed by atoms with Crippen LogP contribution in [0.15, 0.2) is 77.2 Å². The van der Waals surface area contributed by atoms with Gasteiger partial charge in [0.15, 0.2) is 0 Å². The van der Waals surface area contributed by atoms with E-state index in [1.165, 1.54) is 0 Å². The molecule has 0 spiro atoms. The van der Waals surface area contributed by atoms with Gasteiger partial charge in [-0.1, -0.05) is 29.3 Å². The van der Waals surface area contributed by atoms with Crippen molar-refractivity contribution in [3.05, 3.63) is 94.5 Å². The third-order valence-corrected chi connectivity index (χ3v) is 4.77. The predicted molar refractivity (Wildman–Crippen MR) is 116 cm³/mol. The normalized spacial score (nSPS) is 10.5. The lowest BCUT2D eigenvalue weighted by molar-refractivity contribution is 0.0846. The van der Waals surface area contributed by atoms with Gasteiger partial charge in [-0.05, 0) is 67.6 Å². The highest BCUT2D eigenvalue weighted by atomic mass is 35.5. The van der Waals surface area contributed by atoms with Crippen molar-refractivity contribution < 1.29 is 14.0 Å². The summed E-state index contributed by atoms with van der Waals surface area (Å²) in [6.45, 7) is 2.00. The minimum absolute atomic E-state index is 0.346. The van der Waals surface area contributed by atoms with E-state index in [-0.39, 0.29) is 0 Å². The van der Waals surface area contributed by atoms with Crippen molar-refractivity contribution in [2.45, 2.75) is 6.92 Å². The number of amides is 2. The van der Waals surface area contributed by atoms with Gasteiger partial charge >= 0.3 is 0 Å². The van der Waals surface area contributed by atoms with Crippen LogP contribution in [-0.4, -0.2) is 22.0 Å². The molecule has 31 heavy (non-hydrogen) atoms. The second-order valence-electron chi connectivity index (χ2n) is 6.77. The Morgan fingerprint density at radius 1 is 0.710 bits per heavy atom. The van der Waals surface area contributed by atoms with Crippen LogP contribution in [0.5, 0.6) is 0 Å². The molecule has 154 valence electrons. The number of aromatic nitrogens is 2. The van der Waals surface area contributed by atoms with Crippen molar-refractivity contribution in [2.75, 3.05) is 0 Å². The molecule has 1 aromatic heterocycles. The van der Waals surface area contributed by atoms with E-state index in [9.17, 15) is 9.59 Å². The Morgan fingerprint density at radius 2 is 1.13 bits per heavy atom. The zero-order chi connectivity index (χ0) is 21.8. The molecule has 0 unspecified atom stereocenters. The Labute approximate surface area is 183 Å². The number of nitrogens with one attached hydrogen (secondary N) is 2. The molecule has 0 saturated heterocycles. The Balaban J connectivity index is 1.40. The number of carbonyl (C=O) groups excluding carboxylic acids is 2. The number of rotatable bonds is 4. The second-order valence-corrected chi connectivity index (χ2v) is 7.21. The van der Waals surface area contributed by atoms with Crippen LogP contribution in [0.25, 0.3) is 22.9 Å². The SMILES string of the molecule is Cc1ccc(-c2nnc(-c3ccc(C(=O)NNC(=O)c4ccc(Cl)cc4)cc3)o2)cc1. The summed E-state index contributed by atoms with van der Waals surface area (Å²) in [5.74, 6) is -0.142. The van der Waals surface area contributed by atoms with E-state index in [2.05, 4.69) is 21.0 Å². The van der Waals surface area contributed by atoms with Crippen molar-refractivity contribution >= 4 is 23.4 Å². The lowest BCUT2D eigenvalue weighted by atomic mass is 10.1. The molecule has 8 heteroatoms. The molecule has 0 radical (unpaired) electrons. The standard InChI is InChI=1S/C23H17ClN4O3/c1-14-2-4-17(5-3-14)22-27-28-23(31-22)18-8-6-15(7-9-18)20(29)25-26-21(30)16-10-12-19(24)13-11-16/h2-13H,1H3,(H,25,29)(H,26,30). The van der Waals surface area contributed by atoms with Gasteiger partial charge in [-0.15, -0.1) is 10.2 Å². The average molecular weight is 433 g/mol. The molecule has 4 aromatic rings. The Kier molecular flexibility index (Phi) is 5.77. The molecule has 0 fully saturated rings. The summed E-state index contributed by atoms with van der Waals surface area (Å²) in [6, 6.07) is 20.7. The van der Waals surface area contributed by atoms with E-state index in [1.807, 2.05) is 31.2 Å². The summed E-state index contributed by atoms with van der Waals surface area (Å²) in [7, 11) is 0. The van der Waals surface area contributed by atoms with Crippen LogP contribution in [0.4, 0.5) is 0 Å². The summed E-state index contributed by atoms with van der Waals surface area (Å²) in [4.78, 5) is 24.4. The van der Waals surface area contributed by atoms with Gasteiger partial charge in [0.05, 0.1) is 0 Å². The minimum atomic E-state index is -0.459. The minimum Gasteiger partial charge on any atom is -0.416 e. The van der Waals surface area contributed by atoms with E-state index < -0.39 is 11.8 Å². The van der Waals surface area contributed by atoms with E-state index in [1.54, 1.807) is 48.5 Å². The first-order chi connectivity index (χ1) is 15.0. The third kappa shape index (κ3) is 4.79. The predicted octanol–water partition coefficient (Wildman–Crippen LogP) is 4.44. The molecular weight excluding hydrogens is 416 g/mol. The number of hydrogen-bond acceptors (Lipinski definition) is 5. The lowest BCUT2D eigenvalue weighted by Gasteiger charge is -2.07. The van der Waals surface area contributed by atoms with Gasteiger partial charge < -0.3 is 4.42 Å². The number of carbonyl (C=O) groups is 2. The quantitative estimate of drug-likeness (QED) is 0.464. The highest BCUT2D eigenvalue weighted by molar-refractivity contribution is 6.30. The highest BCUT2D eigenvalue weighted by Crippen LogP contribution is 2.24. The van der Waals surface area contributed by atoms with Crippen LogP contribution < -0.4 is 10.9 Å². The van der Waals surface area contributed by atoms with Gasteiger partial charge in [0.1, 0.15) is 0 Å². The van der Waals surface area contributed by atoms with Crippen molar-refractivity contribution in [1.29, 1.82) is 0 Å². The molecule has 2 N–H and O–H groups in total. The Morgan fingerprint density at radius 3 is 1.61 bits per heavy atom. The van der Waals surface area contributed by atoms with E-state index >= 15 is 0 Å². The van der Waals surface area contributed by atoms with Crippen LogP contribution in [-0.2, 0) is 0 Å². The smallest absolute Gasteiger partial charge is 0.269 e. The fourth-order valence-corrected chi connectivity index (χ4v) is 2.90. The number of aryl methyl sites for hydroxylation is 1. The summed E-state index contributed by atoms with van der Waals surface area (Å²) in [5, 5.41) is 8.68. The van der Waals surface area contributed by atoms with Crippen molar-refractivity contribution in [1.82, 2.24) is 21.0 Å². The number of hydrazine groups is 1. The molecule has 1 heterocycles. The van der Waals surface area contributed by atoms with Crippen LogP contribution >= 0.6 is 11.6 Å². The fraction of sp³-hybridized carbons (Fsp3) is 0.0435. The second kappa shape index (κ2) is 8.81. The molecule has 0 aliphatic heterocycles. The summed E-state index contributed by atoms with van der Waals surface area (Å²) in [6.07, 6.45) is 0. The van der Waals surface area contributed by atoms with Gasteiger partial charge in [-0.2, -0.15) is 0 Å². The summed E-state index contributed by atoms with van der Waals surface area (Å²) >= 11 is 5.80. The molecular formula is C23H17ClN4O3. The molecule has 4 rings (SSSR count). The molecule has 0 aliphatic rings. The van der Waals surface area contributed by atoms with E-state index in [4.69, 9.17) is 16.0 Å². The molecule has 7 nitrogen and oxygen atoms in total. The third-order valence-electron chi connectivity index (χ3n) is 4.51. The number of benzene rings is 3. The van der Waals surface area contributed by atoms with Gasteiger partial charge in [0.2, 0.25) is 11.8 Å². The maximum atomic E-state index is 12.3. The van der Waals surface area contributed by atoms with Crippen LogP contribution in [0.1, 0.15) is 26.3 Å². The lowest BCUT2D eigenvalue weighted by Crippen LogP contribution is -2.41. The molecule has 2 amide bonds. The molecule has 0 saturated carbocycles. The maximum absolute atomic E-state index is 12.3. The Bertz CT molecular complexity index is 1220. The van der Waals surface area contributed by atoms with Gasteiger partial charge in [0.25, 0.3) is 11.8 Å². The highest BCUT2D eigenvalue weighted by Gasteiger charge is 2.13. The first-order valence-corrected chi connectivity index (χ1v) is 9.74. The number of halogens is 1. The molecule has 3 aromatic carbocycles. The average Bonchev–Trinajstić information content (AvgIpc) is 3.28. The maximum Gasteiger partial charge on any atom is 0.269 e. The van der Waals surface area contributed by atoms with Gasteiger partial charge in [0, 0.05) is 27.3 Å². The van der Waals surface area contributed by atoms with Crippen LogP contribution in [0, 0.1) is 6.92 Å². The fourth-order valence-electron chi connectivity index (χ4n) is 2.78. The number of hydrogen-bond donors (Lipinski definition) is 2. The molecule has 0 bridgehead atoms. The zero-order valence-corrected chi connectivity index (χ0v) is 17.2. The Hall–Kier alpha value is -3.97. The summed E-state index contributed by atoms with van der Waals surface area (Å²) < 4.78 is 5.74. The van der Waals surface area contributed by atoms with Crippen LogP contribution in [0.3, 0.4) is 0 Å². The van der Waals surface area contributed by atoms with Crippen molar-refractivity contribution in [3.8, 4) is 22.9 Å². The first-order valence-electron chi connectivity index (χ1n) is 9.37. The van der Waals surface area contributed by atoms with Crippen LogP contribution in [0.2, 0.25) is 5.02 Å². The zero-order valence-electron chi connectivity index (χ0n) is 16.4. The first kappa shape index (κ1) is 20.3. The largest absolute Gasteiger partial charge is 0.416 e. The molecule has 0 atom stereocenters. The van der Waals surface area contributed by atoms with E-state index in [0.29, 0.717) is 33.5 Å². The van der Waals surface area contributed by atoms with Crippen molar-refractivity contribution in [3.63, 3.8) is 0 Å².